The highest BCUT2D eigenvalue weighted by Crippen LogP contribution is 2.30. The van der Waals surface area contributed by atoms with Crippen molar-refractivity contribution < 1.29 is 9.47 Å². The minimum Gasteiger partial charge on any atom is -0.493 e. The summed E-state index contributed by atoms with van der Waals surface area (Å²) in [7, 11) is 1.58. The van der Waals surface area contributed by atoms with E-state index in [0.29, 0.717) is 41.2 Å². The molecule has 0 bridgehead atoms. The van der Waals surface area contributed by atoms with Gasteiger partial charge in [0.1, 0.15) is 5.82 Å². The van der Waals surface area contributed by atoms with Crippen LogP contribution in [0.5, 0.6) is 11.5 Å². The van der Waals surface area contributed by atoms with Crippen molar-refractivity contribution >= 4 is 17.4 Å². The van der Waals surface area contributed by atoms with Gasteiger partial charge in [0.15, 0.2) is 11.5 Å². The van der Waals surface area contributed by atoms with Gasteiger partial charge < -0.3 is 14.8 Å². The SMILES string of the molecule is COc1cc(-n2ccc(NCc3ccc(Cl)cc3)nc2=O)ccc1OCC(C)(C)C. The van der Waals surface area contributed by atoms with Gasteiger partial charge in [-0.2, -0.15) is 4.98 Å². The third-order valence-electron chi connectivity index (χ3n) is 4.28. The van der Waals surface area contributed by atoms with E-state index in [9.17, 15) is 4.79 Å². The van der Waals surface area contributed by atoms with Gasteiger partial charge in [0.25, 0.3) is 0 Å². The van der Waals surface area contributed by atoms with E-state index < -0.39 is 0 Å². The van der Waals surface area contributed by atoms with Crippen LogP contribution in [0.1, 0.15) is 26.3 Å². The van der Waals surface area contributed by atoms with Crippen LogP contribution < -0.4 is 20.5 Å². The topological polar surface area (TPSA) is 65.4 Å². The number of aromatic nitrogens is 2. The predicted molar refractivity (Wildman–Crippen MR) is 120 cm³/mol. The van der Waals surface area contributed by atoms with E-state index in [1.54, 1.807) is 31.5 Å². The standard InChI is InChI=1S/C23H26ClN3O3/c1-23(2,3)15-30-19-10-9-18(13-20(19)29-4)27-12-11-21(26-22(27)28)25-14-16-5-7-17(24)8-6-16/h5-13H,14-15H2,1-4H3,(H,25,26,28). The van der Waals surface area contributed by atoms with Gasteiger partial charge in [-0.1, -0.05) is 44.5 Å². The predicted octanol–water partition coefficient (Wildman–Crippen LogP) is 4.93. The van der Waals surface area contributed by atoms with E-state index in [4.69, 9.17) is 21.1 Å². The summed E-state index contributed by atoms with van der Waals surface area (Å²) in [6.07, 6.45) is 1.68. The Morgan fingerprint density at radius 1 is 1.07 bits per heavy atom. The minimum atomic E-state index is -0.387. The molecule has 0 saturated heterocycles. The van der Waals surface area contributed by atoms with Gasteiger partial charge in [0.2, 0.25) is 0 Å². The molecule has 0 fully saturated rings. The lowest BCUT2D eigenvalue weighted by molar-refractivity contribution is 0.191. The van der Waals surface area contributed by atoms with Gasteiger partial charge in [-0.3, -0.25) is 4.57 Å². The van der Waals surface area contributed by atoms with E-state index in [1.165, 1.54) is 4.57 Å². The highest BCUT2D eigenvalue weighted by Gasteiger charge is 2.14. The highest BCUT2D eigenvalue weighted by atomic mass is 35.5. The summed E-state index contributed by atoms with van der Waals surface area (Å²) in [6.45, 7) is 7.39. The Bertz CT molecular complexity index is 1060. The number of nitrogens with zero attached hydrogens (tertiary/aromatic N) is 2. The molecule has 0 spiro atoms. The molecule has 6 nitrogen and oxygen atoms in total. The first-order valence-electron chi connectivity index (χ1n) is 9.64. The Balaban J connectivity index is 1.75. The average Bonchev–Trinajstić information content (AvgIpc) is 2.71. The highest BCUT2D eigenvalue weighted by molar-refractivity contribution is 6.30. The lowest BCUT2D eigenvalue weighted by Gasteiger charge is -2.20. The quantitative estimate of drug-likeness (QED) is 0.579. The lowest BCUT2D eigenvalue weighted by Crippen LogP contribution is -2.22. The third kappa shape index (κ3) is 5.76. The van der Waals surface area contributed by atoms with Crippen molar-refractivity contribution in [3.63, 3.8) is 0 Å². The molecule has 1 heterocycles. The Kier molecular flexibility index (Phi) is 6.67. The first-order valence-corrected chi connectivity index (χ1v) is 10.0. The maximum atomic E-state index is 12.6. The van der Waals surface area contributed by atoms with Crippen LogP contribution in [-0.2, 0) is 6.54 Å². The molecule has 158 valence electrons. The first kappa shape index (κ1) is 21.7. The normalized spacial score (nSPS) is 11.2. The van der Waals surface area contributed by atoms with Crippen LogP contribution >= 0.6 is 11.6 Å². The second-order valence-corrected chi connectivity index (χ2v) is 8.57. The number of hydrogen-bond donors (Lipinski definition) is 1. The molecule has 1 aromatic heterocycles. The summed E-state index contributed by atoms with van der Waals surface area (Å²) in [5.74, 6) is 1.70. The van der Waals surface area contributed by atoms with E-state index in [2.05, 4.69) is 31.1 Å². The molecule has 0 aliphatic heterocycles. The van der Waals surface area contributed by atoms with Crippen LogP contribution in [0.4, 0.5) is 5.82 Å². The van der Waals surface area contributed by atoms with E-state index in [-0.39, 0.29) is 11.1 Å². The molecule has 0 radical (unpaired) electrons. The molecule has 7 heteroatoms. The molecule has 0 atom stereocenters. The van der Waals surface area contributed by atoms with Crippen molar-refractivity contribution in [3.8, 4) is 17.2 Å². The summed E-state index contributed by atoms with van der Waals surface area (Å²) in [5.41, 5.74) is 1.33. The van der Waals surface area contributed by atoms with Crippen molar-refractivity contribution in [1.29, 1.82) is 0 Å². The fraction of sp³-hybridized carbons (Fsp3) is 0.304. The molecule has 0 aliphatic rings. The van der Waals surface area contributed by atoms with Crippen molar-refractivity contribution in [2.75, 3.05) is 19.0 Å². The van der Waals surface area contributed by atoms with Crippen molar-refractivity contribution in [3.05, 3.63) is 75.8 Å². The average molecular weight is 428 g/mol. The fourth-order valence-corrected chi connectivity index (χ4v) is 2.84. The van der Waals surface area contributed by atoms with Gasteiger partial charge in [-0.15, -0.1) is 0 Å². The van der Waals surface area contributed by atoms with Gasteiger partial charge in [-0.05, 0) is 41.3 Å². The Morgan fingerprint density at radius 2 is 1.80 bits per heavy atom. The van der Waals surface area contributed by atoms with Crippen LogP contribution in [-0.4, -0.2) is 23.3 Å². The van der Waals surface area contributed by atoms with E-state index >= 15 is 0 Å². The van der Waals surface area contributed by atoms with Gasteiger partial charge in [0, 0.05) is 23.8 Å². The van der Waals surface area contributed by atoms with Crippen molar-refractivity contribution in [1.82, 2.24) is 9.55 Å². The Morgan fingerprint density at radius 3 is 2.43 bits per heavy atom. The van der Waals surface area contributed by atoms with Crippen LogP contribution in [0.3, 0.4) is 0 Å². The zero-order chi connectivity index (χ0) is 21.7. The number of rotatable bonds is 7. The third-order valence-corrected chi connectivity index (χ3v) is 4.53. The summed E-state index contributed by atoms with van der Waals surface area (Å²) < 4.78 is 12.8. The number of ether oxygens (including phenoxy) is 2. The van der Waals surface area contributed by atoms with E-state index in [1.807, 2.05) is 30.3 Å². The number of methoxy groups -OCH3 is 1. The van der Waals surface area contributed by atoms with Crippen LogP contribution in [0, 0.1) is 5.41 Å². The molecule has 2 aromatic carbocycles. The first-order chi connectivity index (χ1) is 14.2. The molecule has 0 amide bonds. The number of nitrogens with one attached hydrogen (secondary N) is 1. The second kappa shape index (κ2) is 9.22. The lowest BCUT2D eigenvalue weighted by atomic mass is 9.99. The van der Waals surface area contributed by atoms with Crippen LogP contribution in [0.15, 0.2) is 59.5 Å². The monoisotopic (exact) mass is 427 g/mol. The van der Waals surface area contributed by atoms with Gasteiger partial charge in [-0.25, -0.2) is 4.79 Å². The van der Waals surface area contributed by atoms with Crippen LogP contribution in [0.25, 0.3) is 5.69 Å². The van der Waals surface area contributed by atoms with Crippen molar-refractivity contribution in [2.45, 2.75) is 27.3 Å². The zero-order valence-electron chi connectivity index (χ0n) is 17.6. The molecule has 3 aromatic rings. The number of halogens is 1. The number of hydrogen-bond acceptors (Lipinski definition) is 5. The molecule has 30 heavy (non-hydrogen) atoms. The molecule has 0 aliphatic carbocycles. The summed E-state index contributed by atoms with van der Waals surface area (Å²) >= 11 is 5.90. The molecule has 0 unspecified atom stereocenters. The molecule has 1 N–H and O–H groups in total. The van der Waals surface area contributed by atoms with E-state index in [0.717, 1.165) is 5.56 Å². The molecular formula is C23H26ClN3O3. The van der Waals surface area contributed by atoms with Crippen molar-refractivity contribution in [2.24, 2.45) is 5.41 Å². The smallest absolute Gasteiger partial charge is 0.354 e. The zero-order valence-corrected chi connectivity index (χ0v) is 18.4. The maximum absolute atomic E-state index is 12.6. The molecule has 3 rings (SSSR count). The van der Waals surface area contributed by atoms with Gasteiger partial charge >= 0.3 is 5.69 Å². The Hall–Kier alpha value is -2.99. The summed E-state index contributed by atoms with van der Waals surface area (Å²) in [4.78, 5) is 16.7. The maximum Gasteiger partial charge on any atom is 0.354 e. The molecular weight excluding hydrogens is 402 g/mol. The molecule has 0 saturated carbocycles. The summed E-state index contributed by atoms with van der Waals surface area (Å²) in [5, 5.41) is 3.84. The largest absolute Gasteiger partial charge is 0.493 e. The second-order valence-electron chi connectivity index (χ2n) is 8.13. The number of benzene rings is 2. The number of anilines is 1. The van der Waals surface area contributed by atoms with Crippen LogP contribution in [0.2, 0.25) is 5.02 Å². The summed E-state index contributed by atoms with van der Waals surface area (Å²) in [6, 6.07) is 14.6. The minimum absolute atomic E-state index is 0.0272. The Labute approximate surface area is 181 Å². The van der Waals surface area contributed by atoms with Gasteiger partial charge in [0.05, 0.1) is 19.4 Å². The fourth-order valence-electron chi connectivity index (χ4n) is 2.71.